The summed E-state index contributed by atoms with van der Waals surface area (Å²) in [6, 6.07) is 29.0. The van der Waals surface area contributed by atoms with Crippen molar-refractivity contribution in [3.8, 4) is 34.1 Å². The van der Waals surface area contributed by atoms with Gasteiger partial charge < -0.3 is 18.9 Å². The second kappa shape index (κ2) is 11.7. The van der Waals surface area contributed by atoms with Gasteiger partial charge in [0, 0.05) is 5.56 Å². The molecule has 0 aromatic heterocycles. The van der Waals surface area contributed by atoms with Crippen LogP contribution in [-0.4, -0.2) is 25.2 Å². The summed E-state index contributed by atoms with van der Waals surface area (Å²) in [6.07, 6.45) is 0. The first-order valence-corrected chi connectivity index (χ1v) is 11.7. The van der Waals surface area contributed by atoms with Gasteiger partial charge in [-0.15, -0.1) is 0 Å². The van der Waals surface area contributed by atoms with Crippen LogP contribution < -0.4 is 9.47 Å². The van der Waals surface area contributed by atoms with E-state index in [0.29, 0.717) is 47.3 Å². The Morgan fingerprint density at radius 3 is 1.64 bits per heavy atom. The highest BCUT2D eigenvalue weighted by atomic mass is 16.5. The van der Waals surface area contributed by atoms with Crippen LogP contribution in [0.3, 0.4) is 0 Å². The second-order valence-corrected chi connectivity index (χ2v) is 7.69. The van der Waals surface area contributed by atoms with Crippen molar-refractivity contribution in [1.29, 1.82) is 0 Å². The molecule has 182 valence electrons. The zero-order valence-corrected chi connectivity index (χ0v) is 20.1. The molecule has 0 atom stereocenters. The van der Waals surface area contributed by atoms with Crippen molar-refractivity contribution in [2.75, 3.05) is 13.2 Å². The maximum absolute atomic E-state index is 12.0. The molecule has 0 saturated carbocycles. The van der Waals surface area contributed by atoms with Crippen molar-refractivity contribution >= 4 is 11.9 Å². The minimum atomic E-state index is -0.385. The Morgan fingerprint density at radius 2 is 1.11 bits per heavy atom. The van der Waals surface area contributed by atoms with Crippen LogP contribution in [0.1, 0.15) is 34.6 Å². The van der Waals surface area contributed by atoms with Gasteiger partial charge in [0.1, 0.15) is 11.5 Å². The Labute approximate surface area is 210 Å². The SMILES string of the molecule is CCOC(=O)c1ccc(Oc2cccc(-c3ccccc3)c2Oc2ccc(C(=O)OCC)cc2)cc1. The summed E-state index contributed by atoms with van der Waals surface area (Å²) in [4.78, 5) is 24.0. The Bertz CT molecular complexity index is 1310. The van der Waals surface area contributed by atoms with Crippen molar-refractivity contribution in [2.24, 2.45) is 0 Å². The summed E-state index contributed by atoms with van der Waals surface area (Å²) in [7, 11) is 0. The Kier molecular flexibility index (Phi) is 7.98. The molecule has 4 aromatic rings. The molecule has 0 saturated heterocycles. The summed E-state index contributed by atoms with van der Waals surface area (Å²) >= 11 is 0. The topological polar surface area (TPSA) is 71.1 Å². The highest BCUT2D eigenvalue weighted by Gasteiger charge is 2.16. The van der Waals surface area contributed by atoms with E-state index in [4.69, 9.17) is 18.9 Å². The third-order valence-corrected chi connectivity index (χ3v) is 5.24. The average molecular weight is 483 g/mol. The third kappa shape index (κ3) is 5.91. The predicted octanol–water partition coefficient (Wildman–Crippen LogP) is 7.29. The Hall–Kier alpha value is -4.58. The summed E-state index contributed by atoms with van der Waals surface area (Å²) in [6.45, 7) is 4.15. The van der Waals surface area contributed by atoms with Gasteiger partial charge in [0.15, 0.2) is 11.5 Å². The minimum Gasteiger partial charge on any atom is -0.462 e. The average Bonchev–Trinajstić information content (AvgIpc) is 2.91. The lowest BCUT2D eigenvalue weighted by molar-refractivity contribution is 0.0516. The zero-order valence-electron chi connectivity index (χ0n) is 20.1. The summed E-state index contributed by atoms with van der Waals surface area (Å²) < 4.78 is 22.6. The number of hydrogen-bond donors (Lipinski definition) is 0. The highest BCUT2D eigenvalue weighted by Crippen LogP contribution is 2.42. The fourth-order valence-corrected chi connectivity index (χ4v) is 3.54. The highest BCUT2D eigenvalue weighted by molar-refractivity contribution is 5.90. The number of rotatable bonds is 9. The van der Waals surface area contributed by atoms with Crippen LogP contribution in [0.2, 0.25) is 0 Å². The van der Waals surface area contributed by atoms with Crippen molar-refractivity contribution in [2.45, 2.75) is 13.8 Å². The molecule has 6 nitrogen and oxygen atoms in total. The van der Waals surface area contributed by atoms with Gasteiger partial charge in [-0.25, -0.2) is 9.59 Å². The summed E-state index contributed by atoms with van der Waals surface area (Å²) in [5.74, 6) is 1.32. The molecule has 0 aliphatic carbocycles. The van der Waals surface area contributed by atoms with Gasteiger partial charge in [0.05, 0.1) is 24.3 Å². The lowest BCUT2D eigenvalue weighted by Gasteiger charge is -2.17. The number of hydrogen-bond acceptors (Lipinski definition) is 6. The molecule has 4 aromatic carbocycles. The molecule has 0 radical (unpaired) electrons. The van der Waals surface area contributed by atoms with E-state index in [2.05, 4.69) is 0 Å². The van der Waals surface area contributed by atoms with Gasteiger partial charge in [-0.2, -0.15) is 0 Å². The van der Waals surface area contributed by atoms with Gasteiger partial charge in [-0.1, -0.05) is 42.5 Å². The van der Waals surface area contributed by atoms with Gasteiger partial charge >= 0.3 is 11.9 Å². The molecule has 0 N–H and O–H groups in total. The van der Waals surface area contributed by atoms with Gasteiger partial charge in [-0.05, 0) is 74.0 Å². The lowest BCUT2D eigenvalue weighted by Crippen LogP contribution is -2.04. The molecule has 0 unspecified atom stereocenters. The van der Waals surface area contributed by atoms with Crippen LogP contribution >= 0.6 is 0 Å². The third-order valence-electron chi connectivity index (χ3n) is 5.24. The van der Waals surface area contributed by atoms with Crippen LogP contribution in [0.5, 0.6) is 23.0 Å². The number of para-hydroxylation sites is 1. The van der Waals surface area contributed by atoms with E-state index in [-0.39, 0.29) is 11.9 Å². The number of esters is 2. The van der Waals surface area contributed by atoms with Crippen molar-refractivity contribution < 1.29 is 28.5 Å². The number of carbonyl (C=O) groups excluding carboxylic acids is 2. The maximum atomic E-state index is 12.0. The first-order valence-electron chi connectivity index (χ1n) is 11.7. The monoisotopic (exact) mass is 482 g/mol. The molecule has 0 aliphatic heterocycles. The molecule has 0 bridgehead atoms. The van der Waals surface area contributed by atoms with Crippen molar-refractivity contribution in [3.05, 3.63) is 108 Å². The van der Waals surface area contributed by atoms with E-state index >= 15 is 0 Å². The molecule has 0 spiro atoms. The van der Waals surface area contributed by atoms with E-state index in [9.17, 15) is 9.59 Å². The van der Waals surface area contributed by atoms with E-state index in [1.807, 2.05) is 48.5 Å². The first kappa shape index (κ1) is 24.5. The van der Waals surface area contributed by atoms with Crippen LogP contribution in [0.25, 0.3) is 11.1 Å². The standard InChI is InChI=1S/C30H26O6/c1-3-33-29(31)22-13-17-24(18-14-22)35-27-12-8-11-26(21-9-6-5-7-10-21)28(27)36-25-19-15-23(16-20-25)30(32)34-4-2/h5-20H,3-4H2,1-2H3. The van der Waals surface area contributed by atoms with E-state index in [1.165, 1.54) is 0 Å². The Morgan fingerprint density at radius 1 is 0.583 bits per heavy atom. The number of ether oxygens (including phenoxy) is 4. The van der Waals surface area contributed by atoms with Crippen LogP contribution in [0.4, 0.5) is 0 Å². The molecular weight excluding hydrogens is 456 g/mol. The Balaban J connectivity index is 1.66. The smallest absolute Gasteiger partial charge is 0.338 e. The van der Waals surface area contributed by atoms with E-state index in [0.717, 1.165) is 11.1 Å². The first-order chi connectivity index (χ1) is 17.6. The zero-order chi connectivity index (χ0) is 25.3. The van der Waals surface area contributed by atoms with Gasteiger partial charge in [-0.3, -0.25) is 0 Å². The minimum absolute atomic E-state index is 0.309. The summed E-state index contributed by atoms with van der Waals surface area (Å²) in [5, 5.41) is 0. The van der Waals surface area contributed by atoms with Crippen LogP contribution in [0, 0.1) is 0 Å². The molecule has 6 heteroatoms. The lowest BCUT2D eigenvalue weighted by atomic mass is 10.0. The number of carbonyl (C=O) groups is 2. The predicted molar refractivity (Wildman–Crippen MR) is 137 cm³/mol. The van der Waals surface area contributed by atoms with Crippen molar-refractivity contribution in [1.82, 2.24) is 0 Å². The molecule has 0 heterocycles. The molecule has 36 heavy (non-hydrogen) atoms. The van der Waals surface area contributed by atoms with E-state index < -0.39 is 0 Å². The molecule has 0 aliphatic rings. The van der Waals surface area contributed by atoms with E-state index in [1.54, 1.807) is 62.4 Å². The molecule has 0 amide bonds. The summed E-state index contributed by atoms with van der Waals surface area (Å²) in [5.41, 5.74) is 2.68. The van der Waals surface area contributed by atoms with Gasteiger partial charge in [0.2, 0.25) is 0 Å². The van der Waals surface area contributed by atoms with Crippen LogP contribution in [-0.2, 0) is 9.47 Å². The fraction of sp³-hybridized carbons (Fsp3) is 0.133. The number of benzene rings is 4. The van der Waals surface area contributed by atoms with Crippen molar-refractivity contribution in [3.63, 3.8) is 0 Å². The quantitative estimate of drug-likeness (QED) is 0.233. The molecule has 0 fully saturated rings. The maximum Gasteiger partial charge on any atom is 0.338 e. The normalized spacial score (nSPS) is 10.4. The van der Waals surface area contributed by atoms with Crippen LogP contribution in [0.15, 0.2) is 97.1 Å². The molecule has 4 rings (SSSR count). The van der Waals surface area contributed by atoms with Gasteiger partial charge in [0.25, 0.3) is 0 Å². The largest absolute Gasteiger partial charge is 0.462 e. The second-order valence-electron chi connectivity index (χ2n) is 7.69. The molecular formula is C30H26O6. The fourth-order valence-electron chi connectivity index (χ4n) is 3.54.